The Labute approximate surface area is 147 Å². The molecule has 0 amide bonds. The molecule has 0 bridgehead atoms. The summed E-state index contributed by atoms with van der Waals surface area (Å²) in [6.45, 7) is 7.77. The number of piperidine rings is 2. The van der Waals surface area contributed by atoms with E-state index in [1.165, 1.54) is 32.2 Å². The smallest absolute Gasteiger partial charge is 0.245 e. The van der Waals surface area contributed by atoms with Crippen LogP contribution in [0.2, 0.25) is 0 Å². The third kappa shape index (κ3) is 3.68. The summed E-state index contributed by atoms with van der Waals surface area (Å²) in [6, 6.07) is 0.434. The molecular formula is C17H27N7O. The van der Waals surface area contributed by atoms with Crippen LogP contribution < -0.4 is 10.2 Å². The number of hydrogen-bond acceptors (Lipinski definition) is 8. The molecular weight excluding hydrogens is 318 g/mol. The van der Waals surface area contributed by atoms with E-state index >= 15 is 0 Å². The van der Waals surface area contributed by atoms with Crippen molar-refractivity contribution in [3.05, 3.63) is 0 Å². The number of nitrogens with one attached hydrogen (secondary N) is 1. The summed E-state index contributed by atoms with van der Waals surface area (Å²) in [5.41, 5.74) is 0.968. The number of hydrogen-bond donors (Lipinski definition) is 1. The lowest BCUT2D eigenvalue weighted by molar-refractivity contribution is 0.219. The van der Waals surface area contributed by atoms with Crippen molar-refractivity contribution in [3.63, 3.8) is 0 Å². The van der Waals surface area contributed by atoms with E-state index in [-0.39, 0.29) is 0 Å². The largest absolute Gasteiger partial charge is 0.364 e. The standard InChI is InChI=1S/C17H27N7O/c1-2-8-23-11-6-13(7-12-23)18-16-17(24-9-4-3-5-10-24)20-15-14(19-16)21-25-22-15/h13H,2-12H2,1H3,(H,18,19,21). The molecule has 0 aliphatic carbocycles. The molecule has 2 aromatic heterocycles. The van der Waals surface area contributed by atoms with Crippen LogP contribution >= 0.6 is 0 Å². The van der Waals surface area contributed by atoms with Crippen LogP contribution in [0.15, 0.2) is 4.63 Å². The number of fused-ring (bicyclic) bond motifs is 1. The highest BCUT2D eigenvalue weighted by molar-refractivity contribution is 5.74. The SMILES string of the molecule is CCCN1CCC(Nc2nc3nonc3nc2N2CCCCC2)CC1. The Balaban J connectivity index is 1.53. The van der Waals surface area contributed by atoms with Gasteiger partial charge in [0.25, 0.3) is 0 Å². The van der Waals surface area contributed by atoms with Gasteiger partial charge in [-0.25, -0.2) is 14.6 Å². The molecule has 0 aromatic carbocycles. The van der Waals surface area contributed by atoms with E-state index in [2.05, 4.69) is 37.3 Å². The van der Waals surface area contributed by atoms with Gasteiger partial charge in [-0.1, -0.05) is 6.92 Å². The van der Waals surface area contributed by atoms with Gasteiger partial charge >= 0.3 is 0 Å². The number of aromatic nitrogens is 4. The second kappa shape index (κ2) is 7.51. The lowest BCUT2D eigenvalue weighted by atomic mass is 10.0. The predicted octanol–water partition coefficient (Wildman–Crippen LogP) is 2.29. The minimum absolute atomic E-state index is 0.434. The van der Waals surface area contributed by atoms with Gasteiger partial charge in [0.05, 0.1) is 0 Å². The second-order valence-corrected chi connectivity index (χ2v) is 7.12. The average molecular weight is 345 g/mol. The molecule has 1 N–H and O–H groups in total. The van der Waals surface area contributed by atoms with E-state index < -0.39 is 0 Å². The molecule has 0 atom stereocenters. The van der Waals surface area contributed by atoms with Gasteiger partial charge in [0.1, 0.15) is 0 Å². The van der Waals surface area contributed by atoms with Crippen molar-refractivity contribution in [2.75, 3.05) is 42.9 Å². The molecule has 0 radical (unpaired) electrons. The normalized spacial score (nSPS) is 20.3. The molecule has 4 heterocycles. The van der Waals surface area contributed by atoms with Crippen molar-refractivity contribution in [2.45, 2.75) is 51.5 Å². The summed E-state index contributed by atoms with van der Waals surface area (Å²) in [6.07, 6.45) is 7.18. The zero-order valence-corrected chi connectivity index (χ0v) is 14.9. The number of rotatable bonds is 5. The Morgan fingerprint density at radius 2 is 1.72 bits per heavy atom. The molecule has 136 valence electrons. The van der Waals surface area contributed by atoms with Crippen LogP contribution in [0.1, 0.15) is 45.4 Å². The van der Waals surface area contributed by atoms with Crippen molar-refractivity contribution >= 4 is 22.9 Å². The van der Waals surface area contributed by atoms with Crippen molar-refractivity contribution in [2.24, 2.45) is 0 Å². The summed E-state index contributed by atoms with van der Waals surface area (Å²) >= 11 is 0. The topological polar surface area (TPSA) is 83.2 Å². The van der Waals surface area contributed by atoms with Gasteiger partial charge in [-0.3, -0.25) is 0 Å². The molecule has 2 fully saturated rings. The molecule has 2 aliphatic heterocycles. The summed E-state index contributed by atoms with van der Waals surface area (Å²) in [5, 5.41) is 11.4. The van der Waals surface area contributed by atoms with E-state index in [1.54, 1.807) is 0 Å². The van der Waals surface area contributed by atoms with Crippen LogP contribution in [0.25, 0.3) is 11.3 Å². The van der Waals surface area contributed by atoms with Gasteiger partial charge in [0.2, 0.25) is 11.3 Å². The molecule has 25 heavy (non-hydrogen) atoms. The van der Waals surface area contributed by atoms with Crippen LogP contribution in [0, 0.1) is 0 Å². The van der Waals surface area contributed by atoms with E-state index in [1.807, 2.05) is 0 Å². The number of nitrogens with zero attached hydrogens (tertiary/aromatic N) is 6. The fourth-order valence-electron chi connectivity index (χ4n) is 3.86. The van der Waals surface area contributed by atoms with Gasteiger partial charge in [-0.05, 0) is 55.4 Å². The Morgan fingerprint density at radius 1 is 1.00 bits per heavy atom. The van der Waals surface area contributed by atoms with E-state index in [0.717, 1.165) is 50.7 Å². The van der Waals surface area contributed by atoms with Gasteiger partial charge in [0, 0.05) is 32.2 Å². The van der Waals surface area contributed by atoms with E-state index in [9.17, 15) is 0 Å². The van der Waals surface area contributed by atoms with Crippen molar-refractivity contribution in [3.8, 4) is 0 Å². The van der Waals surface area contributed by atoms with E-state index in [4.69, 9.17) is 9.61 Å². The highest BCUT2D eigenvalue weighted by atomic mass is 16.6. The molecule has 8 nitrogen and oxygen atoms in total. The minimum atomic E-state index is 0.434. The Hall–Kier alpha value is -1.96. The van der Waals surface area contributed by atoms with Gasteiger partial charge < -0.3 is 15.1 Å². The number of anilines is 2. The molecule has 2 aliphatic rings. The van der Waals surface area contributed by atoms with Crippen molar-refractivity contribution < 1.29 is 4.63 Å². The maximum atomic E-state index is 4.82. The number of likely N-dealkylation sites (tertiary alicyclic amines) is 1. The van der Waals surface area contributed by atoms with Crippen molar-refractivity contribution in [1.82, 2.24) is 25.2 Å². The lowest BCUT2D eigenvalue weighted by Gasteiger charge is -2.34. The first kappa shape index (κ1) is 16.5. The van der Waals surface area contributed by atoms with Crippen LogP contribution in [0.5, 0.6) is 0 Å². The second-order valence-electron chi connectivity index (χ2n) is 7.12. The zero-order valence-electron chi connectivity index (χ0n) is 14.9. The van der Waals surface area contributed by atoms with Crippen LogP contribution in [-0.4, -0.2) is 63.9 Å². The van der Waals surface area contributed by atoms with Gasteiger partial charge in [0.15, 0.2) is 11.6 Å². The Kier molecular flexibility index (Phi) is 4.96. The fraction of sp³-hybridized carbons (Fsp3) is 0.765. The average Bonchev–Trinajstić information content (AvgIpc) is 3.11. The molecule has 2 saturated heterocycles. The third-order valence-corrected chi connectivity index (χ3v) is 5.22. The third-order valence-electron chi connectivity index (χ3n) is 5.22. The lowest BCUT2D eigenvalue weighted by Crippen LogP contribution is -2.40. The highest BCUT2D eigenvalue weighted by Gasteiger charge is 2.24. The first-order valence-corrected chi connectivity index (χ1v) is 9.57. The quantitative estimate of drug-likeness (QED) is 0.884. The first-order valence-electron chi connectivity index (χ1n) is 9.57. The minimum Gasteiger partial charge on any atom is -0.364 e. The van der Waals surface area contributed by atoms with Crippen LogP contribution in [0.3, 0.4) is 0 Å². The maximum absolute atomic E-state index is 4.82. The Bertz CT molecular complexity index is 689. The van der Waals surface area contributed by atoms with Gasteiger partial charge in [-0.15, -0.1) is 0 Å². The van der Waals surface area contributed by atoms with Crippen LogP contribution in [-0.2, 0) is 0 Å². The monoisotopic (exact) mass is 345 g/mol. The predicted molar refractivity (Wildman–Crippen MR) is 96.8 cm³/mol. The molecule has 8 heteroatoms. The molecule has 2 aromatic rings. The first-order chi connectivity index (χ1) is 12.3. The maximum Gasteiger partial charge on any atom is 0.245 e. The highest BCUT2D eigenvalue weighted by Crippen LogP contribution is 2.28. The fourth-order valence-corrected chi connectivity index (χ4v) is 3.86. The summed E-state index contributed by atoms with van der Waals surface area (Å²) < 4.78 is 4.82. The van der Waals surface area contributed by atoms with Gasteiger partial charge in [-0.2, -0.15) is 0 Å². The Morgan fingerprint density at radius 3 is 2.44 bits per heavy atom. The zero-order chi connectivity index (χ0) is 17.1. The molecule has 0 spiro atoms. The van der Waals surface area contributed by atoms with Crippen molar-refractivity contribution in [1.29, 1.82) is 0 Å². The summed E-state index contributed by atoms with van der Waals surface area (Å²) in [4.78, 5) is 14.2. The molecule has 0 saturated carbocycles. The summed E-state index contributed by atoms with van der Waals surface area (Å²) in [5.74, 6) is 1.73. The van der Waals surface area contributed by atoms with Crippen LogP contribution in [0.4, 0.5) is 11.6 Å². The molecule has 4 rings (SSSR count). The van der Waals surface area contributed by atoms with E-state index in [0.29, 0.717) is 17.3 Å². The molecule has 0 unspecified atom stereocenters. The summed E-state index contributed by atoms with van der Waals surface area (Å²) in [7, 11) is 0.